The third-order valence-corrected chi connectivity index (χ3v) is 16.9. The quantitative estimate of drug-likeness (QED) is 0.111. The number of hydrogen-bond acceptors (Lipinski definition) is 5. The molecule has 5 aromatic carbocycles. The third-order valence-electron chi connectivity index (χ3n) is 11.3. The van der Waals surface area contributed by atoms with Gasteiger partial charge in [-0.2, -0.15) is 0 Å². The van der Waals surface area contributed by atoms with Crippen LogP contribution < -0.4 is 40.2 Å². The van der Waals surface area contributed by atoms with E-state index in [2.05, 4.69) is 165 Å². The average Bonchev–Trinajstić information content (AvgIpc) is 3.63. The minimum absolute atomic E-state index is 0.565. The first kappa shape index (κ1) is 42.2. The zero-order chi connectivity index (χ0) is 41.3. The Morgan fingerprint density at radius 1 is 0.491 bits per heavy atom. The van der Waals surface area contributed by atoms with Gasteiger partial charge in [-0.15, -0.1) is 0 Å². The van der Waals surface area contributed by atoms with Crippen molar-refractivity contribution in [2.24, 2.45) is 0 Å². The third kappa shape index (κ3) is 7.56. The molecule has 0 aromatic heterocycles. The van der Waals surface area contributed by atoms with Crippen molar-refractivity contribution < 1.29 is 18.9 Å². The van der Waals surface area contributed by atoms with E-state index in [9.17, 15) is 0 Å². The molecule has 0 spiro atoms. The maximum atomic E-state index is 5.97. The molecule has 1 atom stereocenters. The first-order chi connectivity index (χ1) is 27.2. The first-order valence-corrected chi connectivity index (χ1v) is 22.3. The van der Waals surface area contributed by atoms with Crippen LogP contribution in [0.1, 0.15) is 56.5 Å². The molecule has 298 valence electrons. The van der Waals surface area contributed by atoms with Crippen molar-refractivity contribution in [1.29, 1.82) is 0 Å². The summed E-state index contributed by atoms with van der Waals surface area (Å²) < 4.78 is 23.8. The molecule has 1 aliphatic rings. The number of allylic oxidation sites excluding steroid dienone is 3. The van der Waals surface area contributed by atoms with Crippen LogP contribution in [0.15, 0.2) is 102 Å². The number of benzene rings is 5. The van der Waals surface area contributed by atoms with E-state index in [4.69, 9.17) is 18.9 Å². The molecule has 5 nitrogen and oxygen atoms in total. The SMILES string of the molecule is COc1c(C)cc(P(C2=C([C@@](c3ccccc3)(N(C)C)P(c3cc(C)c(OC)c(C)c3)c3cc(C)c(OC)c(C)c3)CC=C2)c2cc(C)c(OC)c(C)c2)cc1C. The van der Waals surface area contributed by atoms with E-state index >= 15 is 0 Å². The summed E-state index contributed by atoms with van der Waals surface area (Å²) >= 11 is 0. The predicted molar refractivity (Wildman–Crippen MR) is 245 cm³/mol. The van der Waals surface area contributed by atoms with Gasteiger partial charge >= 0.3 is 0 Å². The van der Waals surface area contributed by atoms with Crippen molar-refractivity contribution in [2.45, 2.75) is 67.1 Å². The number of aryl methyl sites for hydroxylation is 8. The van der Waals surface area contributed by atoms with E-state index in [-0.39, 0.29) is 0 Å². The Morgan fingerprint density at radius 2 is 0.825 bits per heavy atom. The fraction of sp³-hybridized carbons (Fsp3) is 0.320. The van der Waals surface area contributed by atoms with E-state index in [1.807, 2.05) is 0 Å². The van der Waals surface area contributed by atoms with Crippen molar-refractivity contribution in [3.8, 4) is 23.0 Å². The van der Waals surface area contributed by atoms with Crippen LogP contribution in [0.4, 0.5) is 0 Å². The zero-order valence-corrected chi connectivity index (χ0v) is 38.1. The summed E-state index contributed by atoms with van der Waals surface area (Å²) in [6.07, 6.45) is 5.66. The van der Waals surface area contributed by atoms with E-state index in [1.54, 1.807) is 28.4 Å². The summed E-state index contributed by atoms with van der Waals surface area (Å²) in [4.78, 5) is 2.52. The Morgan fingerprint density at radius 3 is 1.14 bits per heavy atom. The monoisotopic (exact) mass is 799 g/mol. The molecule has 0 saturated carbocycles. The van der Waals surface area contributed by atoms with Gasteiger partial charge in [-0.25, -0.2) is 0 Å². The maximum Gasteiger partial charge on any atom is 0.124 e. The lowest BCUT2D eigenvalue weighted by molar-refractivity contribution is 0.292. The smallest absolute Gasteiger partial charge is 0.124 e. The molecule has 0 saturated heterocycles. The Balaban J connectivity index is 1.81. The number of hydrogen-bond donors (Lipinski definition) is 0. The molecule has 0 heterocycles. The highest BCUT2D eigenvalue weighted by Crippen LogP contribution is 2.65. The second-order valence-electron chi connectivity index (χ2n) is 15.5. The fourth-order valence-electron chi connectivity index (χ4n) is 9.32. The molecule has 7 heteroatoms. The number of rotatable bonds is 13. The van der Waals surface area contributed by atoms with Gasteiger partial charge < -0.3 is 18.9 Å². The Labute approximate surface area is 344 Å². The Hall–Kier alpha value is -4.40. The van der Waals surface area contributed by atoms with Gasteiger partial charge in [0.25, 0.3) is 0 Å². The van der Waals surface area contributed by atoms with Crippen LogP contribution in [0, 0.1) is 55.4 Å². The second kappa shape index (κ2) is 17.2. The van der Waals surface area contributed by atoms with Crippen LogP contribution in [0.25, 0.3) is 0 Å². The highest BCUT2D eigenvalue weighted by molar-refractivity contribution is 7.77. The first-order valence-electron chi connectivity index (χ1n) is 19.6. The van der Waals surface area contributed by atoms with Crippen molar-refractivity contribution in [3.63, 3.8) is 0 Å². The predicted octanol–water partition coefficient (Wildman–Crippen LogP) is 10.4. The van der Waals surface area contributed by atoms with Gasteiger partial charge in [0.2, 0.25) is 0 Å². The normalized spacial score (nSPS) is 13.8. The largest absolute Gasteiger partial charge is 0.496 e. The lowest BCUT2D eigenvalue weighted by Crippen LogP contribution is -2.46. The zero-order valence-electron chi connectivity index (χ0n) is 36.3. The molecule has 0 aliphatic heterocycles. The summed E-state index contributed by atoms with van der Waals surface area (Å²) in [6, 6.07) is 30.2. The molecule has 0 radical (unpaired) electrons. The lowest BCUT2D eigenvalue weighted by Gasteiger charge is -2.49. The molecule has 0 unspecified atom stereocenters. The fourth-order valence-corrected chi connectivity index (χ4v) is 16.0. The van der Waals surface area contributed by atoms with Crippen LogP contribution in [0.2, 0.25) is 0 Å². The van der Waals surface area contributed by atoms with Gasteiger partial charge in [0, 0.05) is 0 Å². The lowest BCUT2D eigenvalue weighted by atomic mass is 9.95. The Kier molecular flexibility index (Phi) is 12.7. The molecule has 6 rings (SSSR count). The highest BCUT2D eigenvalue weighted by atomic mass is 31.1. The molecule has 0 amide bonds. The maximum absolute atomic E-state index is 5.97. The Bertz CT molecular complexity index is 2150. The topological polar surface area (TPSA) is 40.2 Å². The standard InChI is InChI=1S/C50H59NO4P2/c1-31-23-40(24-32(2)46(31)52-11)56(41-25-33(3)47(53-12)34(4)26-41)45-22-18-21-44(45)50(51(9)10,39-19-16-15-17-20-39)57(42-27-35(5)48(54-13)36(6)28-42)43-29-37(7)49(55-14)38(8)30-43/h15-20,22-30H,21H2,1-14H3/t50-/m0/s1. The molecular formula is C50H59NO4P2. The number of methoxy groups -OCH3 is 4. The summed E-state index contributed by atoms with van der Waals surface area (Å²) in [5.74, 6) is 3.76. The van der Waals surface area contributed by atoms with Crippen LogP contribution in [-0.4, -0.2) is 47.4 Å². The molecule has 57 heavy (non-hydrogen) atoms. The van der Waals surface area contributed by atoms with Crippen LogP contribution >= 0.6 is 15.8 Å². The minimum Gasteiger partial charge on any atom is -0.496 e. The minimum atomic E-state index is -1.17. The second-order valence-corrected chi connectivity index (χ2v) is 20.1. The number of ether oxygens (including phenoxy) is 4. The van der Waals surface area contributed by atoms with Crippen LogP contribution in [0.3, 0.4) is 0 Å². The molecule has 1 aliphatic carbocycles. The van der Waals surface area contributed by atoms with E-state index in [0.717, 1.165) is 73.9 Å². The van der Waals surface area contributed by atoms with Gasteiger partial charge in [-0.1, -0.05) is 42.5 Å². The number of nitrogens with zero attached hydrogens (tertiary/aromatic N) is 1. The van der Waals surface area contributed by atoms with Crippen molar-refractivity contribution in [2.75, 3.05) is 42.5 Å². The highest BCUT2D eigenvalue weighted by Gasteiger charge is 2.50. The van der Waals surface area contributed by atoms with Crippen LogP contribution in [0.5, 0.6) is 23.0 Å². The van der Waals surface area contributed by atoms with Crippen molar-refractivity contribution in [3.05, 3.63) is 152 Å². The van der Waals surface area contributed by atoms with E-state index < -0.39 is 21.1 Å². The molecule has 0 N–H and O–H groups in total. The van der Waals surface area contributed by atoms with Gasteiger partial charge in [-0.05, 0) is 222 Å². The van der Waals surface area contributed by atoms with Crippen molar-refractivity contribution >= 4 is 37.1 Å². The van der Waals surface area contributed by atoms with Gasteiger partial charge in [0.05, 0.1) is 33.7 Å². The summed E-state index contributed by atoms with van der Waals surface area (Å²) in [5.41, 5.74) is 11.8. The van der Waals surface area contributed by atoms with E-state index in [0.29, 0.717) is 0 Å². The van der Waals surface area contributed by atoms with Crippen LogP contribution in [-0.2, 0) is 5.28 Å². The molecule has 0 bridgehead atoms. The number of likely N-dealkylation sites (N-methyl/N-ethyl adjacent to an activating group) is 1. The van der Waals surface area contributed by atoms with Gasteiger partial charge in [-0.3, -0.25) is 4.90 Å². The van der Waals surface area contributed by atoms with E-state index in [1.165, 1.54) is 37.7 Å². The van der Waals surface area contributed by atoms with Gasteiger partial charge in [0.1, 0.15) is 23.0 Å². The van der Waals surface area contributed by atoms with Crippen molar-refractivity contribution in [1.82, 2.24) is 4.90 Å². The molecule has 0 fully saturated rings. The summed E-state index contributed by atoms with van der Waals surface area (Å²) in [7, 11) is 9.44. The van der Waals surface area contributed by atoms with Gasteiger partial charge in [0.15, 0.2) is 0 Å². The molecule has 5 aromatic rings. The summed E-state index contributed by atoms with van der Waals surface area (Å²) in [5, 5.41) is 6.04. The summed E-state index contributed by atoms with van der Waals surface area (Å²) in [6.45, 7) is 17.4. The molecular weight excluding hydrogens is 741 g/mol. The average molecular weight is 800 g/mol.